The Balaban J connectivity index is 3.31. The zero-order chi connectivity index (χ0) is 19.3. The summed E-state index contributed by atoms with van der Waals surface area (Å²) in [4.78, 5) is 45.1. The fourth-order valence-corrected chi connectivity index (χ4v) is 2.27. The van der Waals surface area contributed by atoms with Gasteiger partial charge in [0, 0.05) is 27.7 Å². The van der Waals surface area contributed by atoms with Crippen LogP contribution in [0, 0.1) is 0 Å². The molecule has 11 heteroatoms. The molecule has 5 atom stereocenters. The molecule has 1 saturated heterocycles. The summed E-state index contributed by atoms with van der Waals surface area (Å²) in [5.74, 6) is -3.68. The third-order valence-corrected chi connectivity index (χ3v) is 2.97. The molecule has 1 rings (SSSR count). The van der Waals surface area contributed by atoms with E-state index >= 15 is 0 Å². The highest BCUT2D eigenvalue weighted by atomic mass is 19.3. The van der Waals surface area contributed by atoms with Gasteiger partial charge < -0.3 is 23.7 Å². The van der Waals surface area contributed by atoms with E-state index in [2.05, 4.69) is 0 Å². The summed E-state index contributed by atoms with van der Waals surface area (Å²) in [6, 6.07) is 0. The Morgan fingerprint density at radius 3 is 1.52 bits per heavy atom. The molecule has 142 valence electrons. The van der Waals surface area contributed by atoms with E-state index in [1.807, 2.05) is 0 Å². The normalized spacial score (nSPS) is 28.8. The molecule has 0 aromatic rings. The van der Waals surface area contributed by atoms with Crippen molar-refractivity contribution in [1.29, 1.82) is 0 Å². The van der Waals surface area contributed by atoms with Crippen LogP contribution in [0.2, 0.25) is 0 Å². The number of hydrogen-bond donors (Lipinski definition) is 0. The molecule has 0 aliphatic carbocycles. The van der Waals surface area contributed by atoms with Gasteiger partial charge in [0.2, 0.25) is 12.4 Å². The molecule has 0 spiro atoms. The predicted octanol–water partition coefficient (Wildman–Crippen LogP) is 0.335. The van der Waals surface area contributed by atoms with Gasteiger partial charge in [-0.05, 0) is 0 Å². The minimum absolute atomic E-state index is 0.889. The van der Waals surface area contributed by atoms with Crippen molar-refractivity contribution in [3.8, 4) is 0 Å². The van der Waals surface area contributed by atoms with Crippen molar-refractivity contribution in [3.05, 3.63) is 0 Å². The highest BCUT2D eigenvalue weighted by Crippen LogP contribution is 2.32. The van der Waals surface area contributed by atoms with Crippen LogP contribution in [0.25, 0.3) is 0 Å². The maximum absolute atomic E-state index is 13.3. The molecule has 0 N–H and O–H groups in total. The Morgan fingerprint density at radius 1 is 0.720 bits per heavy atom. The number of carbonyl (C=O) groups is 4. The van der Waals surface area contributed by atoms with E-state index in [1.54, 1.807) is 0 Å². The number of ether oxygens (including phenoxy) is 5. The van der Waals surface area contributed by atoms with Crippen LogP contribution in [0.1, 0.15) is 27.7 Å². The molecule has 9 nitrogen and oxygen atoms in total. The molecule has 1 unspecified atom stereocenters. The molecule has 0 saturated carbocycles. The standard InChI is InChI=1S/C14H18F2O9/c1-5(17)21-9-10(22-6(2)18)12(23-7(3)19)14(24-8(4)20)25-11(9)13(15)16/h9-14H,1-4H3/t9-,10+,11+,12+,14?/m0/s1. The lowest BCUT2D eigenvalue weighted by atomic mass is 9.98. The Bertz CT molecular complexity index is 536. The Morgan fingerprint density at radius 2 is 1.12 bits per heavy atom. The summed E-state index contributed by atoms with van der Waals surface area (Å²) in [6.45, 7) is 3.90. The minimum Gasteiger partial charge on any atom is -0.455 e. The van der Waals surface area contributed by atoms with E-state index in [-0.39, 0.29) is 0 Å². The zero-order valence-corrected chi connectivity index (χ0v) is 13.9. The second-order valence-electron chi connectivity index (χ2n) is 5.14. The largest absolute Gasteiger partial charge is 0.455 e. The SMILES string of the molecule is CC(=O)OC1O[C@@H](C(F)F)[C@@H](OC(C)=O)[C@@H](OC(C)=O)[C@H]1OC(C)=O. The molecule has 0 aromatic heterocycles. The second-order valence-corrected chi connectivity index (χ2v) is 5.14. The van der Waals surface area contributed by atoms with E-state index in [4.69, 9.17) is 23.7 Å². The molecular formula is C14H18F2O9. The van der Waals surface area contributed by atoms with Crippen molar-refractivity contribution in [2.24, 2.45) is 0 Å². The lowest BCUT2D eigenvalue weighted by Gasteiger charge is -2.43. The first kappa shape index (κ1) is 20.7. The number of halogens is 2. The summed E-state index contributed by atoms with van der Waals surface area (Å²) in [6.07, 6.45) is -12.1. The van der Waals surface area contributed by atoms with Gasteiger partial charge in [-0.15, -0.1) is 0 Å². The molecule has 1 aliphatic heterocycles. The van der Waals surface area contributed by atoms with Crippen LogP contribution in [0.4, 0.5) is 8.78 Å². The van der Waals surface area contributed by atoms with Crippen LogP contribution in [0.5, 0.6) is 0 Å². The van der Waals surface area contributed by atoms with E-state index in [0.717, 1.165) is 27.7 Å². The monoisotopic (exact) mass is 368 g/mol. The smallest absolute Gasteiger partial charge is 0.305 e. The first-order chi connectivity index (χ1) is 11.5. The van der Waals surface area contributed by atoms with Crippen molar-refractivity contribution < 1.29 is 51.6 Å². The van der Waals surface area contributed by atoms with Gasteiger partial charge in [-0.1, -0.05) is 0 Å². The summed E-state index contributed by atoms with van der Waals surface area (Å²) < 4.78 is 51.0. The van der Waals surface area contributed by atoms with Crippen molar-refractivity contribution in [1.82, 2.24) is 0 Å². The Hall–Kier alpha value is -2.30. The van der Waals surface area contributed by atoms with Gasteiger partial charge in [0.25, 0.3) is 6.43 Å². The first-order valence-corrected chi connectivity index (χ1v) is 7.15. The summed E-state index contributed by atoms with van der Waals surface area (Å²) >= 11 is 0. The number of esters is 4. The topological polar surface area (TPSA) is 114 Å². The third-order valence-electron chi connectivity index (χ3n) is 2.97. The van der Waals surface area contributed by atoms with Gasteiger partial charge in [0.05, 0.1) is 0 Å². The van der Waals surface area contributed by atoms with Crippen molar-refractivity contribution >= 4 is 23.9 Å². The number of hydrogen-bond acceptors (Lipinski definition) is 9. The molecule has 0 radical (unpaired) electrons. The van der Waals surface area contributed by atoms with Crippen molar-refractivity contribution in [2.45, 2.75) is 64.8 Å². The van der Waals surface area contributed by atoms with Crippen LogP contribution < -0.4 is 0 Å². The van der Waals surface area contributed by atoms with Crippen molar-refractivity contribution in [2.75, 3.05) is 0 Å². The first-order valence-electron chi connectivity index (χ1n) is 7.15. The van der Waals surface area contributed by atoms with Crippen LogP contribution >= 0.6 is 0 Å². The average molecular weight is 368 g/mol. The summed E-state index contributed by atoms with van der Waals surface area (Å²) in [5, 5.41) is 0. The highest BCUT2D eigenvalue weighted by Gasteiger charge is 2.55. The lowest BCUT2D eigenvalue weighted by Crippen LogP contribution is -2.63. The fraction of sp³-hybridized carbons (Fsp3) is 0.714. The summed E-state index contributed by atoms with van der Waals surface area (Å²) in [5.41, 5.74) is 0. The van der Waals surface area contributed by atoms with Gasteiger partial charge in [0.1, 0.15) is 0 Å². The number of carbonyl (C=O) groups excluding carboxylic acids is 4. The maximum Gasteiger partial charge on any atom is 0.305 e. The van der Waals surface area contributed by atoms with Gasteiger partial charge in [-0.2, -0.15) is 0 Å². The van der Waals surface area contributed by atoms with E-state index in [9.17, 15) is 28.0 Å². The molecule has 25 heavy (non-hydrogen) atoms. The number of rotatable bonds is 5. The highest BCUT2D eigenvalue weighted by molar-refractivity contribution is 5.69. The quantitative estimate of drug-likeness (QED) is 0.500. The van der Waals surface area contributed by atoms with Crippen molar-refractivity contribution in [3.63, 3.8) is 0 Å². The minimum atomic E-state index is -3.18. The third kappa shape index (κ3) is 5.93. The predicted molar refractivity (Wildman–Crippen MR) is 73.1 cm³/mol. The van der Waals surface area contributed by atoms with Gasteiger partial charge in [-0.25, -0.2) is 8.78 Å². The zero-order valence-electron chi connectivity index (χ0n) is 13.9. The molecule has 1 fully saturated rings. The Kier molecular flexibility index (Phi) is 7.22. The lowest BCUT2D eigenvalue weighted by molar-refractivity contribution is -0.310. The van der Waals surface area contributed by atoms with Gasteiger partial charge in [0.15, 0.2) is 18.3 Å². The number of alkyl halides is 2. The molecule has 1 heterocycles. The van der Waals surface area contributed by atoms with Crippen LogP contribution in [0.3, 0.4) is 0 Å². The summed E-state index contributed by atoms with van der Waals surface area (Å²) in [7, 11) is 0. The van der Waals surface area contributed by atoms with Gasteiger partial charge >= 0.3 is 23.9 Å². The second kappa shape index (κ2) is 8.70. The van der Waals surface area contributed by atoms with E-state index < -0.39 is 61.0 Å². The van der Waals surface area contributed by atoms with E-state index in [1.165, 1.54) is 0 Å². The molecular weight excluding hydrogens is 350 g/mol. The van der Waals surface area contributed by atoms with Crippen LogP contribution in [-0.2, 0) is 42.9 Å². The Labute approximate surface area is 141 Å². The van der Waals surface area contributed by atoms with E-state index in [0.29, 0.717) is 0 Å². The fourth-order valence-electron chi connectivity index (χ4n) is 2.27. The van der Waals surface area contributed by atoms with Crippen LogP contribution in [0.15, 0.2) is 0 Å². The molecule has 0 bridgehead atoms. The van der Waals surface area contributed by atoms with Gasteiger partial charge in [-0.3, -0.25) is 19.2 Å². The molecule has 1 aliphatic rings. The average Bonchev–Trinajstić information content (AvgIpc) is 2.42. The molecule has 0 amide bonds. The maximum atomic E-state index is 13.3. The molecule has 0 aromatic carbocycles. The van der Waals surface area contributed by atoms with Crippen LogP contribution in [-0.4, -0.2) is 61.0 Å².